The lowest BCUT2D eigenvalue weighted by atomic mass is 10.0. The Morgan fingerprint density at radius 3 is 1.17 bits per heavy atom. The molecule has 60 heavy (non-hydrogen) atoms. The number of carbonyl (C=O) groups excluding carboxylic acids is 1. The first-order chi connectivity index (χ1) is 29.7. The van der Waals surface area contributed by atoms with E-state index in [2.05, 4.69) is 79.9 Å². The number of aliphatic hydroxyl groups is 2. The predicted octanol–water partition coefficient (Wildman–Crippen LogP) is 17.0. The van der Waals surface area contributed by atoms with Crippen molar-refractivity contribution in [3.8, 4) is 0 Å². The molecule has 3 N–H and O–H groups in total. The second-order valence-electron chi connectivity index (χ2n) is 17.6. The van der Waals surface area contributed by atoms with E-state index in [1.54, 1.807) is 6.08 Å². The van der Waals surface area contributed by atoms with Crippen LogP contribution in [0.1, 0.15) is 258 Å². The second-order valence-corrected chi connectivity index (χ2v) is 17.6. The molecule has 0 aromatic rings. The third-order valence-corrected chi connectivity index (χ3v) is 11.7. The Balaban J connectivity index is 3.53. The van der Waals surface area contributed by atoms with Crippen LogP contribution >= 0.6 is 0 Å². The third-order valence-electron chi connectivity index (χ3n) is 11.7. The van der Waals surface area contributed by atoms with Gasteiger partial charge < -0.3 is 15.5 Å². The maximum absolute atomic E-state index is 12.4. The molecule has 0 saturated carbocycles. The van der Waals surface area contributed by atoms with Gasteiger partial charge in [-0.1, -0.05) is 254 Å². The number of hydrogen-bond acceptors (Lipinski definition) is 3. The van der Waals surface area contributed by atoms with Crippen LogP contribution in [0.3, 0.4) is 0 Å². The summed E-state index contributed by atoms with van der Waals surface area (Å²) in [5.74, 6) is -0.115. The molecule has 0 heterocycles. The molecule has 0 aromatic carbocycles. The van der Waals surface area contributed by atoms with E-state index in [9.17, 15) is 15.0 Å². The van der Waals surface area contributed by atoms with Gasteiger partial charge in [0.2, 0.25) is 5.91 Å². The standard InChI is InChI=1S/C56H101NO3/c1-3-5-7-9-11-13-15-17-19-20-21-22-23-24-25-26-27-28-29-30-31-32-33-34-35-36-38-39-41-43-45-47-49-51-55(59)54(53-58)57-56(60)52-50-48-46-44-42-40-37-18-16-14-12-10-8-6-4-2/h6,8,12,14,18,37,41-44,49,51,54-55,58-59H,3-5,7,9-11,13,15-17,19-36,38-40,45-48,50,52-53H2,1-2H3,(H,57,60)/b8-6-,14-12-,37-18-,43-41+,44-42-,51-49+. The van der Waals surface area contributed by atoms with Crippen LogP contribution in [0.4, 0.5) is 0 Å². The van der Waals surface area contributed by atoms with Gasteiger partial charge in [-0.05, 0) is 70.6 Å². The first kappa shape index (κ1) is 57.8. The predicted molar refractivity (Wildman–Crippen MR) is 267 cm³/mol. The fourth-order valence-corrected chi connectivity index (χ4v) is 7.72. The summed E-state index contributed by atoms with van der Waals surface area (Å²) >= 11 is 0. The van der Waals surface area contributed by atoms with Crippen LogP contribution in [0.5, 0.6) is 0 Å². The van der Waals surface area contributed by atoms with Gasteiger partial charge in [0, 0.05) is 6.42 Å². The molecule has 0 aliphatic carbocycles. The van der Waals surface area contributed by atoms with Crippen molar-refractivity contribution >= 4 is 5.91 Å². The van der Waals surface area contributed by atoms with Crippen LogP contribution < -0.4 is 5.32 Å². The number of rotatable bonds is 47. The lowest BCUT2D eigenvalue weighted by molar-refractivity contribution is -0.123. The highest BCUT2D eigenvalue weighted by Gasteiger charge is 2.17. The Morgan fingerprint density at radius 2 is 0.750 bits per heavy atom. The molecule has 0 aromatic heterocycles. The fourth-order valence-electron chi connectivity index (χ4n) is 7.72. The van der Waals surface area contributed by atoms with Gasteiger partial charge in [0.05, 0.1) is 18.8 Å². The monoisotopic (exact) mass is 836 g/mol. The zero-order valence-electron chi connectivity index (χ0n) is 40.0. The molecular formula is C56H101NO3. The van der Waals surface area contributed by atoms with Gasteiger partial charge in [-0.15, -0.1) is 0 Å². The van der Waals surface area contributed by atoms with E-state index >= 15 is 0 Å². The van der Waals surface area contributed by atoms with Crippen LogP contribution in [0.15, 0.2) is 72.9 Å². The highest BCUT2D eigenvalue weighted by molar-refractivity contribution is 5.76. The normalized spacial score (nSPS) is 13.5. The third kappa shape index (κ3) is 46.9. The molecule has 2 unspecified atom stereocenters. The van der Waals surface area contributed by atoms with Crippen molar-refractivity contribution in [1.29, 1.82) is 0 Å². The minimum atomic E-state index is -0.884. The molecule has 0 aliphatic rings. The van der Waals surface area contributed by atoms with Crippen molar-refractivity contribution in [3.63, 3.8) is 0 Å². The summed E-state index contributed by atoms with van der Waals surface area (Å²) in [7, 11) is 0. The number of amides is 1. The van der Waals surface area contributed by atoms with E-state index < -0.39 is 12.1 Å². The second kappa shape index (κ2) is 51.2. The van der Waals surface area contributed by atoms with E-state index in [0.717, 1.165) is 64.2 Å². The van der Waals surface area contributed by atoms with Gasteiger partial charge in [0.15, 0.2) is 0 Å². The zero-order chi connectivity index (χ0) is 43.5. The Labute approximate surface area is 374 Å². The molecular weight excluding hydrogens is 735 g/mol. The number of aliphatic hydroxyl groups excluding tert-OH is 2. The Bertz CT molecular complexity index is 1040. The van der Waals surface area contributed by atoms with Gasteiger partial charge in [0.25, 0.3) is 0 Å². The van der Waals surface area contributed by atoms with Crippen LogP contribution in [-0.2, 0) is 4.79 Å². The summed E-state index contributed by atoms with van der Waals surface area (Å²) in [4.78, 5) is 12.4. The van der Waals surface area contributed by atoms with Crippen molar-refractivity contribution in [2.75, 3.05) is 6.61 Å². The number of hydrogen-bond donors (Lipinski definition) is 3. The molecule has 0 saturated heterocycles. The van der Waals surface area contributed by atoms with Gasteiger partial charge in [-0.25, -0.2) is 0 Å². The molecule has 0 bridgehead atoms. The fraction of sp³-hybridized carbons (Fsp3) is 0.768. The zero-order valence-corrected chi connectivity index (χ0v) is 40.0. The summed E-state index contributed by atoms with van der Waals surface area (Å²) in [6, 6.07) is -0.665. The number of carbonyl (C=O) groups is 1. The van der Waals surface area contributed by atoms with Crippen LogP contribution in [0.2, 0.25) is 0 Å². The summed E-state index contributed by atoms with van der Waals surface area (Å²) in [6.45, 7) is 4.17. The van der Waals surface area contributed by atoms with Crippen LogP contribution in [-0.4, -0.2) is 34.9 Å². The van der Waals surface area contributed by atoms with Gasteiger partial charge in [-0.2, -0.15) is 0 Å². The Morgan fingerprint density at radius 1 is 0.417 bits per heavy atom. The number of allylic oxidation sites excluding steroid dienone is 11. The highest BCUT2D eigenvalue weighted by Crippen LogP contribution is 2.16. The van der Waals surface area contributed by atoms with Crippen molar-refractivity contribution in [1.82, 2.24) is 5.32 Å². The molecule has 1 amide bonds. The Hall–Kier alpha value is -2.17. The average Bonchev–Trinajstić information content (AvgIpc) is 3.25. The largest absolute Gasteiger partial charge is 0.394 e. The maximum Gasteiger partial charge on any atom is 0.220 e. The van der Waals surface area contributed by atoms with Gasteiger partial charge in [0.1, 0.15) is 0 Å². The van der Waals surface area contributed by atoms with E-state index in [1.165, 1.54) is 173 Å². The number of unbranched alkanes of at least 4 members (excludes halogenated alkanes) is 30. The summed E-state index contributed by atoms with van der Waals surface area (Å²) in [6.07, 6.45) is 73.6. The smallest absolute Gasteiger partial charge is 0.220 e. The molecule has 348 valence electrons. The molecule has 0 spiro atoms. The topological polar surface area (TPSA) is 69.6 Å². The van der Waals surface area contributed by atoms with Gasteiger partial charge in [-0.3, -0.25) is 4.79 Å². The molecule has 4 nitrogen and oxygen atoms in total. The molecule has 0 rings (SSSR count). The first-order valence-corrected chi connectivity index (χ1v) is 26.2. The van der Waals surface area contributed by atoms with E-state index in [0.29, 0.717) is 6.42 Å². The SMILES string of the molecule is CC/C=C\C/C=C\C/C=C\C/C=C\CCCCC(=O)NC(CO)C(O)/C=C/CC/C=C/CCCCCCCCCCCCCCCCCCCCCCCCCCCCC. The average molecular weight is 836 g/mol. The summed E-state index contributed by atoms with van der Waals surface area (Å²) in [5, 5.41) is 23.0. The van der Waals surface area contributed by atoms with Crippen molar-refractivity contribution in [2.24, 2.45) is 0 Å². The van der Waals surface area contributed by atoms with E-state index in [-0.39, 0.29) is 12.5 Å². The minimum Gasteiger partial charge on any atom is -0.394 e. The quantitative estimate of drug-likeness (QED) is 0.0422. The van der Waals surface area contributed by atoms with E-state index in [4.69, 9.17) is 0 Å². The Kier molecular flexibility index (Phi) is 49.3. The van der Waals surface area contributed by atoms with Crippen molar-refractivity contribution in [3.05, 3.63) is 72.9 Å². The van der Waals surface area contributed by atoms with Crippen molar-refractivity contribution < 1.29 is 15.0 Å². The van der Waals surface area contributed by atoms with Crippen LogP contribution in [0.25, 0.3) is 0 Å². The summed E-state index contributed by atoms with van der Waals surface area (Å²) in [5.41, 5.74) is 0. The lowest BCUT2D eigenvalue weighted by Gasteiger charge is -2.19. The lowest BCUT2D eigenvalue weighted by Crippen LogP contribution is -2.45. The molecule has 4 heteroatoms. The highest BCUT2D eigenvalue weighted by atomic mass is 16.3. The minimum absolute atomic E-state index is 0.115. The molecule has 2 atom stereocenters. The first-order valence-electron chi connectivity index (χ1n) is 26.2. The summed E-state index contributed by atoms with van der Waals surface area (Å²) < 4.78 is 0. The van der Waals surface area contributed by atoms with E-state index in [1.807, 2.05) is 6.08 Å². The molecule has 0 aliphatic heterocycles. The molecule has 0 fully saturated rings. The van der Waals surface area contributed by atoms with Crippen molar-refractivity contribution in [2.45, 2.75) is 270 Å². The molecule has 0 radical (unpaired) electrons. The van der Waals surface area contributed by atoms with Gasteiger partial charge >= 0.3 is 0 Å². The maximum atomic E-state index is 12.4. The van der Waals surface area contributed by atoms with Crippen LogP contribution in [0, 0.1) is 0 Å². The number of nitrogens with one attached hydrogen (secondary N) is 1.